The first kappa shape index (κ1) is 8.27. The maximum atomic E-state index is 11.0. The Morgan fingerprint density at radius 1 is 1.83 bits per heavy atom. The van der Waals surface area contributed by atoms with E-state index in [1.807, 2.05) is 6.07 Å². The van der Waals surface area contributed by atoms with Crippen LogP contribution in [0.4, 0.5) is 0 Å². The number of carbonyl (C=O) groups excluding carboxylic acids is 1. The van der Waals surface area contributed by atoms with Crippen molar-refractivity contribution in [2.24, 2.45) is 7.05 Å². The molecule has 0 saturated heterocycles. The lowest BCUT2D eigenvalue weighted by atomic mass is 10.3. The number of nitrogens with zero attached hydrogens (tertiary/aromatic N) is 3. The number of aromatic nitrogens is 2. The highest BCUT2D eigenvalue weighted by molar-refractivity contribution is 5.89. The summed E-state index contributed by atoms with van der Waals surface area (Å²) in [6.07, 6.45) is 1.46. The molecular formula is C7H7N3O2. The molecule has 0 aliphatic heterocycles. The number of rotatable bonds is 1. The fourth-order valence-electron chi connectivity index (χ4n) is 0.818. The molecule has 0 saturated carbocycles. The van der Waals surface area contributed by atoms with Crippen LogP contribution in [0.2, 0.25) is 0 Å². The smallest absolute Gasteiger partial charge is 0.359 e. The third-order valence-corrected chi connectivity index (χ3v) is 1.33. The van der Waals surface area contributed by atoms with Crippen molar-refractivity contribution in [1.29, 1.82) is 5.26 Å². The van der Waals surface area contributed by atoms with Crippen LogP contribution < -0.4 is 0 Å². The molecule has 0 atom stereocenters. The van der Waals surface area contributed by atoms with Gasteiger partial charge in [0.1, 0.15) is 11.6 Å². The summed E-state index contributed by atoms with van der Waals surface area (Å²) in [5.41, 5.74) is 0.284. The number of nitriles is 1. The average molecular weight is 165 g/mol. The minimum atomic E-state index is -0.591. The first-order valence-corrected chi connectivity index (χ1v) is 3.21. The van der Waals surface area contributed by atoms with Gasteiger partial charge in [-0.3, -0.25) is 4.68 Å². The van der Waals surface area contributed by atoms with E-state index >= 15 is 0 Å². The summed E-state index contributed by atoms with van der Waals surface area (Å²) in [5, 5.41) is 12.3. The minimum absolute atomic E-state index is 0.0579. The zero-order valence-corrected chi connectivity index (χ0v) is 6.74. The summed E-state index contributed by atoms with van der Waals surface area (Å²) >= 11 is 0. The summed E-state index contributed by atoms with van der Waals surface area (Å²) < 4.78 is 5.82. The molecule has 0 aromatic carbocycles. The standard InChI is InChI=1S/C7H7N3O2/c1-10-4-5(3-8)6(9-10)7(11)12-2/h4H,1-2H3. The van der Waals surface area contributed by atoms with Gasteiger partial charge in [-0.15, -0.1) is 0 Å². The molecule has 5 nitrogen and oxygen atoms in total. The third-order valence-electron chi connectivity index (χ3n) is 1.33. The predicted molar refractivity (Wildman–Crippen MR) is 39.3 cm³/mol. The lowest BCUT2D eigenvalue weighted by molar-refractivity contribution is 0.0593. The monoisotopic (exact) mass is 165 g/mol. The molecular weight excluding hydrogens is 158 g/mol. The van der Waals surface area contributed by atoms with E-state index in [9.17, 15) is 4.79 Å². The van der Waals surface area contributed by atoms with Gasteiger partial charge >= 0.3 is 5.97 Å². The predicted octanol–water partition coefficient (Wildman–Crippen LogP) is 0.0784. The first-order chi connectivity index (χ1) is 5.69. The Kier molecular flexibility index (Phi) is 2.10. The van der Waals surface area contributed by atoms with Gasteiger partial charge in [0.25, 0.3) is 0 Å². The van der Waals surface area contributed by atoms with E-state index < -0.39 is 5.97 Å². The van der Waals surface area contributed by atoms with Gasteiger partial charge in [0.2, 0.25) is 0 Å². The summed E-state index contributed by atoms with van der Waals surface area (Å²) in [6.45, 7) is 0. The molecule has 0 radical (unpaired) electrons. The SMILES string of the molecule is COC(=O)c1nn(C)cc1C#N. The molecule has 62 valence electrons. The van der Waals surface area contributed by atoms with Crippen LogP contribution in [0.1, 0.15) is 16.1 Å². The molecule has 0 fully saturated rings. The van der Waals surface area contributed by atoms with Crippen molar-refractivity contribution in [3.63, 3.8) is 0 Å². The maximum absolute atomic E-state index is 11.0. The van der Waals surface area contributed by atoms with Crippen LogP contribution in [-0.4, -0.2) is 22.9 Å². The molecule has 0 aliphatic carbocycles. The normalized spacial score (nSPS) is 9.08. The first-order valence-electron chi connectivity index (χ1n) is 3.21. The molecule has 1 aromatic rings. The molecule has 0 unspecified atom stereocenters. The Balaban J connectivity index is 3.15. The van der Waals surface area contributed by atoms with Crippen LogP contribution >= 0.6 is 0 Å². The topological polar surface area (TPSA) is 67.9 Å². The van der Waals surface area contributed by atoms with Crippen LogP contribution in [-0.2, 0) is 11.8 Å². The lowest BCUT2D eigenvalue weighted by Crippen LogP contribution is -2.04. The molecule has 12 heavy (non-hydrogen) atoms. The highest BCUT2D eigenvalue weighted by Crippen LogP contribution is 2.05. The van der Waals surface area contributed by atoms with E-state index in [0.717, 1.165) is 0 Å². The number of esters is 1. The van der Waals surface area contributed by atoms with Crippen LogP contribution in [0, 0.1) is 11.3 Å². The molecule has 0 amide bonds. The second kappa shape index (κ2) is 3.05. The van der Waals surface area contributed by atoms with Gasteiger partial charge in [0.05, 0.1) is 7.11 Å². The molecule has 1 rings (SSSR count). The summed E-state index contributed by atoms with van der Waals surface area (Å²) in [6, 6.07) is 1.85. The van der Waals surface area contributed by atoms with Crippen LogP contribution in [0.25, 0.3) is 0 Å². The second-order valence-corrected chi connectivity index (χ2v) is 2.17. The van der Waals surface area contributed by atoms with Crippen molar-refractivity contribution >= 4 is 5.97 Å². The molecule has 0 N–H and O–H groups in total. The fourth-order valence-corrected chi connectivity index (χ4v) is 0.818. The van der Waals surface area contributed by atoms with Crippen molar-refractivity contribution < 1.29 is 9.53 Å². The van der Waals surface area contributed by atoms with Crippen LogP contribution in [0.3, 0.4) is 0 Å². The summed E-state index contributed by atoms with van der Waals surface area (Å²) in [5.74, 6) is -0.591. The minimum Gasteiger partial charge on any atom is -0.464 e. The van der Waals surface area contributed by atoms with E-state index in [1.165, 1.54) is 18.0 Å². The van der Waals surface area contributed by atoms with Crippen molar-refractivity contribution in [3.8, 4) is 6.07 Å². The average Bonchev–Trinajstić information content (AvgIpc) is 2.45. The molecule has 5 heteroatoms. The van der Waals surface area contributed by atoms with Crippen molar-refractivity contribution in [2.45, 2.75) is 0 Å². The quantitative estimate of drug-likeness (QED) is 0.552. The highest BCUT2D eigenvalue weighted by atomic mass is 16.5. The number of carbonyl (C=O) groups is 1. The van der Waals surface area contributed by atoms with E-state index in [1.54, 1.807) is 7.05 Å². The van der Waals surface area contributed by atoms with E-state index in [2.05, 4.69) is 9.84 Å². The zero-order chi connectivity index (χ0) is 9.14. The van der Waals surface area contributed by atoms with Crippen molar-refractivity contribution in [1.82, 2.24) is 9.78 Å². The number of hydrogen-bond acceptors (Lipinski definition) is 4. The maximum Gasteiger partial charge on any atom is 0.359 e. The second-order valence-electron chi connectivity index (χ2n) is 2.17. The summed E-state index contributed by atoms with van der Waals surface area (Å²) in [4.78, 5) is 11.0. The Hall–Kier alpha value is -1.83. The highest BCUT2D eigenvalue weighted by Gasteiger charge is 2.15. The Bertz CT molecular complexity index is 348. The Labute approximate surface area is 69.2 Å². The van der Waals surface area contributed by atoms with E-state index in [4.69, 9.17) is 5.26 Å². The number of aryl methyl sites for hydroxylation is 1. The zero-order valence-electron chi connectivity index (χ0n) is 6.74. The molecule has 0 spiro atoms. The van der Waals surface area contributed by atoms with Crippen molar-refractivity contribution in [2.75, 3.05) is 7.11 Å². The number of methoxy groups -OCH3 is 1. The van der Waals surface area contributed by atoms with Gasteiger partial charge in [-0.05, 0) is 0 Å². The largest absolute Gasteiger partial charge is 0.464 e. The lowest BCUT2D eigenvalue weighted by Gasteiger charge is -1.92. The van der Waals surface area contributed by atoms with Crippen molar-refractivity contribution in [3.05, 3.63) is 17.5 Å². The van der Waals surface area contributed by atoms with Gasteiger partial charge in [-0.25, -0.2) is 4.79 Å². The van der Waals surface area contributed by atoms with Gasteiger partial charge in [0.15, 0.2) is 5.69 Å². The van der Waals surface area contributed by atoms with Crippen LogP contribution in [0.15, 0.2) is 6.20 Å². The molecule has 1 heterocycles. The van der Waals surface area contributed by atoms with E-state index in [0.29, 0.717) is 0 Å². The number of ether oxygens (including phenoxy) is 1. The van der Waals surface area contributed by atoms with E-state index in [-0.39, 0.29) is 11.3 Å². The molecule has 0 aliphatic rings. The molecule has 1 aromatic heterocycles. The fraction of sp³-hybridized carbons (Fsp3) is 0.286. The third kappa shape index (κ3) is 1.27. The van der Waals surface area contributed by atoms with Crippen LogP contribution in [0.5, 0.6) is 0 Å². The van der Waals surface area contributed by atoms with Gasteiger partial charge in [0, 0.05) is 13.2 Å². The van der Waals surface area contributed by atoms with Gasteiger partial charge < -0.3 is 4.74 Å². The Morgan fingerprint density at radius 3 is 3.00 bits per heavy atom. The van der Waals surface area contributed by atoms with Gasteiger partial charge in [-0.2, -0.15) is 10.4 Å². The van der Waals surface area contributed by atoms with Gasteiger partial charge in [-0.1, -0.05) is 0 Å². The Morgan fingerprint density at radius 2 is 2.50 bits per heavy atom. The molecule has 0 bridgehead atoms. The summed E-state index contributed by atoms with van der Waals surface area (Å²) in [7, 11) is 2.88. The number of hydrogen-bond donors (Lipinski definition) is 0.